The van der Waals surface area contributed by atoms with Crippen LogP contribution in [0.1, 0.15) is 48.2 Å². The third-order valence-electron chi connectivity index (χ3n) is 7.93. The fraction of sp³-hybridized carbons (Fsp3) is 0.448. The zero-order chi connectivity index (χ0) is 29.3. The summed E-state index contributed by atoms with van der Waals surface area (Å²) in [7, 11) is 1.71. The molecule has 0 radical (unpaired) electrons. The Morgan fingerprint density at radius 3 is 2.63 bits per heavy atom. The summed E-state index contributed by atoms with van der Waals surface area (Å²) in [6, 6.07) is 9.05. The standard InChI is InChI=1S/C29H31ClF2N4O5/c1-35-25-5-3-2-4-21(25)27(34-35)28(38)33-24-13-23(32)17(10-22(24)30)11-26(37)36-14-18(31)12-19(36)15-41-20-8-6-16(7-9-20)29(39)40/h2-5,10,13,16,18-20H,6-9,11-12,14-15H2,1H3,(H,33,38)(H,39,40)/t16-,18-,19-,20-/m0/s1. The number of aryl methyl sites for hydroxylation is 1. The van der Waals surface area contributed by atoms with Gasteiger partial charge in [-0.25, -0.2) is 8.78 Å². The van der Waals surface area contributed by atoms with Crippen molar-refractivity contribution >= 4 is 46.0 Å². The molecule has 2 amide bonds. The molecular weight excluding hydrogens is 558 g/mol. The lowest BCUT2D eigenvalue weighted by Gasteiger charge is -2.30. The van der Waals surface area contributed by atoms with E-state index in [-0.39, 0.29) is 60.0 Å². The number of ether oxygens (including phenoxy) is 1. The number of para-hydroxylation sites is 1. The van der Waals surface area contributed by atoms with Crippen LogP contribution in [-0.2, 0) is 27.8 Å². The van der Waals surface area contributed by atoms with E-state index < -0.39 is 35.8 Å². The number of carbonyl (C=O) groups is 3. The summed E-state index contributed by atoms with van der Waals surface area (Å²) in [5.41, 5.74) is 0.983. The smallest absolute Gasteiger partial charge is 0.306 e. The van der Waals surface area contributed by atoms with Crippen LogP contribution in [0.3, 0.4) is 0 Å². The Morgan fingerprint density at radius 1 is 1.17 bits per heavy atom. The zero-order valence-corrected chi connectivity index (χ0v) is 23.2. The number of aliphatic carboxylic acids is 1. The fourth-order valence-corrected chi connectivity index (χ4v) is 5.93. The molecule has 2 heterocycles. The Hall–Kier alpha value is -3.57. The largest absolute Gasteiger partial charge is 0.481 e. The summed E-state index contributed by atoms with van der Waals surface area (Å²) in [6.07, 6.45) is 0.666. The van der Waals surface area contributed by atoms with E-state index in [2.05, 4.69) is 10.4 Å². The molecule has 3 aromatic rings. The van der Waals surface area contributed by atoms with Crippen LogP contribution in [0.4, 0.5) is 14.5 Å². The number of hydrogen-bond acceptors (Lipinski definition) is 5. The van der Waals surface area contributed by atoms with Gasteiger partial charge in [0.1, 0.15) is 12.0 Å². The number of fused-ring (bicyclic) bond motifs is 1. The van der Waals surface area contributed by atoms with Crippen molar-refractivity contribution in [2.24, 2.45) is 13.0 Å². The number of nitrogens with zero attached hydrogens (tertiary/aromatic N) is 3. The Labute approximate surface area is 240 Å². The number of carboxylic acid groups (broad SMARTS) is 1. The lowest BCUT2D eigenvalue weighted by molar-refractivity contribution is -0.144. The van der Waals surface area contributed by atoms with Gasteiger partial charge in [-0.05, 0) is 49.4 Å². The number of carboxylic acids is 1. The van der Waals surface area contributed by atoms with Gasteiger partial charge in [-0.1, -0.05) is 29.8 Å². The van der Waals surface area contributed by atoms with Gasteiger partial charge in [0.2, 0.25) is 5.91 Å². The third-order valence-corrected chi connectivity index (χ3v) is 8.24. The number of rotatable bonds is 8. The molecule has 0 spiro atoms. The summed E-state index contributed by atoms with van der Waals surface area (Å²) >= 11 is 6.37. The van der Waals surface area contributed by atoms with Crippen LogP contribution < -0.4 is 5.32 Å². The molecule has 1 aliphatic heterocycles. The van der Waals surface area contributed by atoms with E-state index in [4.69, 9.17) is 21.4 Å². The molecule has 0 bridgehead atoms. The Kier molecular flexibility index (Phi) is 8.55. The van der Waals surface area contributed by atoms with Crippen LogP contribution in [0, 0.1) is 11.7 Å². The van der Waals surface area contributed by atoms with E-state index in [1.54, 1.807) is 23.9 Å². The van der Waals surface area contributed by atoms with Gasteiger partial charge in [-0.3, -0.25) is 19.1 Å². The molecule has 2 N–H and O–H groups in total. The maximum Gasteiger partial charge on any atom is 0.306 e. The Balaban J connectivity index is 1.21. The quantitative estimate of drug-likeness (QED) is 0.392. The number of alkyl halides is 1. The molecule has 41 heavy (non-hydrogen) atoms. The van der Waals surface area contributed by atoms with Gasteiger partial charge in [0.05, 0.1) is 53.9 Å². The van der Waals surface area contributed by atoms with Crippen molar-refractivity contribution in [2.75, 3.05) is 18.5 Å². The van der Waals surface area contributed by atoms with Crippen molar-refractivity contribution in [1.29, 1.82) is 0 Å². The minimum Gasteiger partial charge on any atom is -0.481 e. The van der Waals surface area contributed by atoms with Crippen LogP contribution >= 0.6 is 11.6 Å². The van der Waals surface area contributed by atoms with E-state index in [0.29, 0.717) is 31.1 Å². The van der Waals surface area contributed by atoms with Crippen LogP contribution in [0.5, 0.6) is 0 Å². The first-order valence-corrected chi connectivity index (χ1v) is 14.0. The number of carbonyl (C=O) groups excluding carboxylic acids is 2. The molecule has 2 atom stereocenters. The molecule has 2 aliphatic rings. The molecule has 0 unspecified atom stereocenters. The average molecular weight is 589 g/mol. The first kappa shape index (κ1) is 28.9. The van der Waals surface area contributed by atoms with Gasteiger partial charge < -0.3 is 20.1 Å². The average Bonchev–Trinajstić information content (AvgIpc) is 3.50. The molecule has 9 nitrogen and oxygen atoms in total. The maximum absolute atomic E-state index is 15.1. The number of aromatic nitrogens is 2. The van der Waals surface area contributed by atoms with Gasteiger partial charge >= 0.3 is 5.97 Å². The molecule has 1 saturated heterocycles. The number of nitrogens with one attached hydrogen (secondary N) is 1. The second kappa shape index (κ2) is 12.1. The van der Waals surface area contributed by atoms with Crippen molar-refractivity contribution < 1.29 is 33.0 Å². The maximum atomic E-state index is 15.1. The molecular formula is C29H31ClF2N4O5. The van der Waals surface area contributed by atoms with E-state index in [9.17, 15) is 18.8 Å². The number of likely N-dealkylation sites (tertiary alicyclic amines) is 1. The van der Waals surface area contributed by atoms with Gasteiger partial charge in [0.15, 0.2) is 5.69 Å². The van der Waals surface area contributed by atoms with Gasteiger partial charge in [0, 0.05) is 18.9 Å². The van der Waals surface area contributed by atoms with E-state index >= 15 is 4.39 Å². The number of halogens is 3. The molecule has 12 heteroatoms. The van der Waals surface area contributed by atoms with Gasteiger partial charge in [-0.15, -0.1) is 0 Å². The highest BCUT2D eigenvalue weighted by Crippen LogP contribution is 2.30. The number of amides is 2. The van der Waals surface area contributed by atoms with Crippen molar-refractivity contribution in [1.82, 2.24) is 14.7 Å². The van der Waals surface area contributed by atoms with Crippen LogP contribution in [0.2, 0.25) is 5.02 Å². The molecule has 1 saturated carbocycles. The molecule has 218 valence electrons. The SMILES string of the molecule is Cn1nc(C(=O)Nc2cc(F)c(CC(=O)N3C[C@@H](F)C[C@H]3CO[C@H]3CC[C@H](C(=O)O)CC3)cc2Cl)c2ccccc21. The molecule has 1 aromatic heterocycles. The first-order valence-electron chi connectivity index (χ1n) is 13.6. The Morgan fingerprint density at radius 2 is 1.90 bits per heavy atom. The Bertz CT molecular complexity index is 1470. The van der Waals surface area contributed by atoms with Crippen molar-refractivity contribution in [3.05, 3.63) is 58.5 Å². The topological polar surface area (TPSA) is 114 Å². The van der Waals surface area contributed by atoms with E-state index in [1.807, 2.05) is 12.1 Å². The van der Waals surface area contributed by atoms with Crippen molar-refractivity contribution in [2.45, 2.75) is 56.8 Å². The summed E-state index contributed by atoms with van der Waals surface area (Å²) in [6.45, 7) is 0.0190. The zero-order valence-electron chi connectivity index (χ0n) is 22.5. The molecule has 2 aromatic carbocycles. The normalized spacial score (nSPS) is 22.7. The highest BCUT2D eigenvalue weighted by Gasteiger charge is 2.37. The second-order valence-corrected chi connectivity index (χ2v) is 11.1. The number of hydrogen-bond donors (Lipinski definition) is 2. The lowest BCUT2D eigenvalue weighted by atomic mass is 9.87. The fourth-order valence-electron chi connectivity index (χ4n) is 5.69. The van der Waals surface area contributed by atoms with Crippen LogP contribution in [0.15, 0.2) is 36.4 Å². The molecule has 1 aliphatic carbocycles. The van der Waals surface area contributed by atoms with Crippen LogP contribution in [-0.4, -0.2) is 69.0 Å². The van der Waals surface area contributed by atoms with E-state index in [0.717, 1.165) is 11.6 Å². The number of benzene rings is 2. The predicted molar refractivity (Wildman–Crippen MR) is 148 cm³/mol. The first-order chi connectivity index (χ1) is 19.6. The van der Waals surface area contributed by atoms with Gasteiger partial charge in [0.25, 0.3) is 5.91 Å². The van der Waals surface area contributed by atoms with Crippen molar-refractivity contribution in [3.8, 4) is 0 Å². The van der Waals surface area contributed by atoms with Gasteiger partial charge in [-0.2, -0.15) is 5.10 Å². The predicted octanol–water partition coefficient (Wildman–Crippen LogP) is 4.76. The second-order valence-electron chi connectivity index (χ2n) is 10.7. The highest BCUT2D eigenvalue weighted by molar-refractivity contribution is 6.34. The molecule has 2 fully saturated rings. The van der Waals surface area contributed by atoms with Crippen molar-refractivity contribution in [3.63, 3.8) is 0 Å². The number of anilines is 1. The monoisotopic (exact) mass is 588 g/mol. The summed E-state index contributed by atoms with van der Waals surface area (Å²) in [5, 5.41) is 16.7. The minimum atomic E-state index is -1.22. The highest BCUT2D eigenvalue weighted by atomic mass is 35.5. The summed E-state index contributed by atoms with van der Waals surface area (Å²) in [4.78, 5) is 38.6. The summed E-state index contributed by atoms with van der Waals surface area (Å²) in [5.74, 6) is -2.92. The third kappa shape index (κ3) is 6.36. The van der Waals surface area contributed by atoms with Crippen LogP contribution in [0.25, 0.3) is 10.9 Å². The minimum absolute atomic E-state index is 0.0234. The summed E-state index contributed by atoms with van der Waals surface area (Å²) < 4.78 is 36.9. The van der Waals surface area contributed by atoms with E-state index in [1.165, 1.54) is 11.0 Å². The lowest BCUT2D eigenvalue weighted by Crippen LogP contribution is -2.40. The molecule has 5 rings (SSSR count).